The van der Waals surface area contributed by atoms with Gasteiger partial charge in [-0.25, -0.2) is 9.97 Å². The Bertz CT molecular complexity index is 645. The molecule has 0 unspecified atom stereocenters. The Morgan fingerprint density at radius 1 is 1.44 bits per heavy atom. The fourth-order valence-electron chi connectivity index (χ4n) is 1.68. The van der Waals surface area contributed by atoms with Crippen LogP contribution in [0, 0.1) is 0 Å². The summed E-state index contributed by atoms with van der Waals surface area (Å²) in [7, 11) is 0. The van der Waals surface area contributed by atoms with Gasteiger partial charge in [0.05, 0.1) is 16.8 Å². The molecule has 0 bridgehead atoms. The second kappa shape index (κ2) is 4.99. The Morgan fingerprint density at radius 3 is 3.17 bits per heavy atom. The molecule has 0 atom stereocenters. The summed E-state index contributed by atoms with van der Waals surface area (Å²) in [5.74, 6) is 0.934. The Kier molecular flexibility index (Phi) is 3.21. The number of hydrogen-bond donors (Lipinski definition) is 2. The zero-order valence-electron chi connectivity index (χ0n) is 9.80. The van der Waals surface area contributed by atoms with Crippen molar-refractivity contribution in [2.24, 2.45) is 0 Å². The van der Waals surface area contributed by atoms with Crippen molar-refractivity contribution in [1.82, 2.24) is 15.0 Å². The molecule has 0 saturated heterocycles. The lowest BCUT2D eigenvalue weighted by Gasteiger charge is -2.03. The highest BCUT2D eigenvalue weighted by atomic mass is 32.2. The molecule has 6 heteroatoms. The predicted octanol–water partition coefficient (Wildman–Crippen LogP) is 3.35. The fraction of sp³-hybridized carbons (Fsp3) is 0.167. The summed E-state index contributed by atoms with van der Waals surface area (Å²) in [4.78, 5) is 11.8. The lowest BCUT2D eigenvalue weighted by Crippen LogP contribution is -2.00. The van der Waals surface area contributed by atoms with Crippen molar-refractivity contribution in [2.75, 3.05) is 11.6 Å². The van der Waals surface area contributed by atoms with Crippen molar-refractivity contribution in [3.05, 3.63) is 36.4 Å². The highest BCUT2D eigenvalue weighted by Crippen LogP contribution is 2.29. The number of thioether (sulfide) groups is 1. The van der Waals surface area contributed by atoms with Crippen molar-refractivity contribution in [1.29, 1.82) is 0 Å². The van der Waals surface area contributed by atoms with Gasteiger partial charge in [-0.1, -0.05) is 11.8 Å². The van der Waals surface area contributed by atoms with Crippen LogP contribution in [0.1, 0.15) is 5.82 Å². The molecule has 1 aromatic carbocycles. The number of H-pyrrole nitrogens is 1. The zero-order valence-corrected chi connectivity index (χ0v) is 11.4. The number of imidazole rings is 1. The molecule has 0 radical (unpaired) electrons. The number of aromatic amines is 1. The van der Waals surface area contributed by atoms with Crippen LogP contribution in [0.5, 0.6) is 0 Å². The molecule has 0 saturated carbocycles. The number of nitrogens with one attached hydrogen (secondary N) is 2. The minimum atomic E-state index is 0.701. The van der Waals surface area contributed by atoms with E-state index in [9.17, 15) is 0 Å². The van der Waals surface area contributed by atoms with Crippen molar-refractivity contribution < 1.29 is 0 Å². The summed E-state index contributed by atoms with van der Waals surface area (Å²) < 4.78 is 2.32. The van der Waals surface area contributed by atoms with Crippen LogP contribution in [-0.2, 0) is 6.54 Å². The fourth-order valence-corrected chi connectivity index (χ4v) is 3.21. The van der Waals surface area contributed by atoms with E-state index in [1.54, 1.807) is 29.3 Å². The summed E-state index contributed by atoms with van der Waals surface area (Å²) >= 11 is 3.41. The number of fused-ring (bicyclic) bond motifs is 1. The van der Waals surface area contributed by atoms with Gasteiger partial charge >= 0.3 is 0 Å². The molecule has 0 aliphatic rings. The first-order valence-corrected chi connectivity index (χ1v) is 7.56. The van der Waals surface area contributed by atoms with E-state index in [1.165, 1.54) is 4.70 Å². The van der Waals surface area contributed by atoms with Crippen molar-refractivity contribution in [3.63, 3.8) is 0 Å². The van der Waals surface area contributed by atoms with Crippen molar-refractivity contribution in [2.45, 2.75) is 10.9 Å². The largest absolute Gasteiger partial charge is 0.378 e. The lowest BCUT2D eigenvalue weighted by atomic mass is 10.3. The van der Waals surface area contributed by atoms with E-state index in [-0.39, 0.29) is 0 Å². The van der Waals surface area contributed by atoms with Crippen LogP contribution in [0.2, 0.25) is 0 Å². The lowest BCUT2D eigenvalue weighted by molar-refractivity contribution is 1.00. The summed E-state index contributed by atoms with van der Waals surface area (Å²) in [6.07, 6.45) is 5.63. The van der Waals surface area contributed by atoms with Gasteiger partial charge in [0.15, 0.2) is 4.34 Å². The van der Waals surface area contributed by atoms with E-state index in [4.69, 9.17) is 0 Å². The van der Waals surface area contributed by atoms with Crippen LogP contribution in [-0.4, -0.2) is 21.2 Å². The summed E-state index contributed by atoms with van der Waals surface area (Å²) in [6.45, 7) is 0.701. The molecule has 4 nitrogen and oxygen atoms in total. The first kappa shape index (κ1) is 11.6. The molecule has 0 fully saturated rings. The minimum Gasteiger partial charge on any atom is -0.378 e. The molecule has 92 valence electrons. The van der Waals surface area contributed by atoms with E-state index in [0.29, 0.717) is 6.54 Å². The molecule has 3 aromatic rings. The molecule has 0 spiro atoms. The van der Waals surface area contributed by atoms with Crippen LogP contribution in [0.15, 0.2) is 34.9 Å². The van der Waals surface area contributed by atoms with Gasteiger partial charge in [-0.15, -0.1) is 11.3 Å². The van der Waals surface area contributed by atoms with E-state index in [1.807, 2.05) is 12.5 Å². The second-order valence-electron chi connectivity index (χ2n) is 3.76. The maximum Gasteiger partial charge on any atom is 0.150 e. The Hall–Kier alpha value is -1.53. The quantitative estimate of drug-likeness (QED) is 0.717. The number of benzene rings is 1. The van der Waals surface area contributed by atoms with Gasteiger partial charge in [-0.2, -0.15) is 0 Å². The van der Waals surface area contributed by atoms with E-state index in [2.05, 4.69) is 38.5 Å². The average molecular weight is 276 g/mol. The van der Waals surface area contributed by atoms with Crippen LogP contribution < -0.4 is 5.32 Å². The maximum absolute atomic E-state index is 4.52. The van der Waals surface area contributed by atoms with Gasteiger partial charge in [0, 0.05) is 18.1 Å². The van der Waals surface area contributed by atoms with Crippen LogP contribution in [0.25, 0.3) is 10.2 Å². The number of rotatable bonds is 4. The van der Waals surface area contributed by atoms with Crippen LogP contribution in [0.3, 0.4) is 0 Å². The summed E-state index contributed by atoms with van der Waals surface area (Å²) in [6, 6.07) is 6.24. The number of hydrogen-bond acceptors (Lipinski definition) is 5. The Labute approximate surface area is 113 Å². The highest BCUT2D eigenvalue weighted by Gasteiger charge is 2.04. The summed E-state index contributed by atoms with van der Waals surface area (Å²) in [5, 5.41) is 3.34. The molecule has 18 heavy (non-hydrogen) atoms. The van der Waals surface area contributed by atoms with Gasteiger partial charge in [-0.05, 0) is 24.5 Å². The first-order valence-electron chi connectivity index (χ1n) is 5.52. The van der Waals surface area contributed by atoms with E-state index >= 15 is 0 Å². The van der Waals surface area contributed by atoms with Crippen molar-refractivity contribution >= 4 is 39.0 Å². The predicted molar refractivity (Wildman–Crippen MR) is 77.3 cm³/mol. The molecule has 0 amide bonds. The van der Waals surface area contributed by atoms with Gasteiger partial charge in [-0.3, -0.25) is 0 Å². The molecule has 2 aromatic heterocycles. The van der Waals surface area contributed by atoms with E-state index in [0.717, 1.165) is 21.4 Å². The number of thiazole rings is 1. The number of aromatic nitrogens is 3. The smallest absolute Gasteiger partial charge is 0.150 e. The van der Waals surface area contributed by atoms with Gasteiger partial charge in [0.1, 0.15) is 5.82 Å². The third-order valence-corrected chi connectivity index (χ3v) is 4.56. The van der Waals surface area contributed by atoms with Crippen molar-refractivity contribution in [3.8, 4) is 0 Å². The number of nitrogens with zero attached hydrogens (tertiary/aromatic N) is 2. The Balaban J connectivity index is 1.80. The SMILES string of the molecule is CSc1nc2ccc(NCc3ncc[nH]3)cc2s1. The van der Waals surface area contributed by atoms with Gasteiger partial charge in [0.2, 0.25) is 0 Å². The molecule has 3 rings (SSSR count). The molecule has 0 aliphatic heterocycles. The van der Waals surface area contributed by atoms with Crippen LogP contribution in [0.4, 0.5) is 5.69 Å². The standard InChI is InChI=1S/C12H12N4S2/c1-17-12-16-9-3-2-8(6-10(9)18-12)15-7-11-13-4-5-14-11/h2-6,15H,7H2,1H3,(H,13,14). The topological polar surface area (TPSA) is 53.6 Å². The molecule has 2 N–H and O–H groups in total. The highest BCUT2D eigenvalue weighted by molar-refractivity contribution is 8.00. The normalized spacial score (nSPS) is 10.9. The third kappa shape index (κ3) is 2.34. The van der Waals surface area contributed by atoms with Gasteiger partial charge < -0.3 is 10.3 Å². The minimum absolute atomic E-state index is 0.701. The molecular weight excluding hydrogens is 264 g/mol. The zero-order chi connectivity index (χ0) is 12.4. The third-order valence-electron chi connectivity index (χ3n) is 2.56. The second-order valence-corrected chi connectivity index (χ2v) is 5.84. The summed E-state index contributed by atoms with van der Waals surface area (Å²) in [5.41, 5.74) is 2.16. The molecule has 0 aliphatic carbocycles. The maximum atomic E-state index is 4.52. The van der Waals surface area contributed by atoms with Gasteiger partial charge in [0.25, 0.3) is 0 Å². The van der Waals surface area contributed by atoms with E-state index < -0.39 is 0 Å². The Morgan fingerprint density at radius 2 is 2.39 bits per heavy atom. The van der Waals surface area contributed by atoms with Crippen LogP contribution >= 0.6 is 23.1 Å². The number of anilines is 1. The first-order chi connectivity index (χ1) is 8.85. The monoisotopic (exact) mass is 276 g/mol. The average Bonchev–Trinajstić information content (AvgIpc) is 3.04. The molecular formula is C12H12N4S2. The molecule has 2 heterocycles.